The summed E-state index contributed by atoms with van der Waals surface area (Å²) in [5, 5.41) is -0.389. The van der Waals surface area contributed by atoms with E-state index < -0.39 is 9.84 Å². The summed E-state index contributed by atoms with van der Waals surface area (Å²) in [4.78, 5) is 0. The van der Waals surface area contributed by atoms with Gasteiger partial charge in [0.15, 0.2) is 9.84 Å². The van der Waals surface area contributed by atoms with E-state index in [1.807, 2.05) is 24.3 Å². The molecule has 0 aliphatic heterocycles. The van der Waals surface area contributed by atoms with Crippen molar-refractivity contribution in [2.75, 3.05) is 6.26 Å². The zero-order valence-corrected chi connectivity index (χ0v) is 10.4. The number of sulfone groups is 1. The third-order valence-electron chi connectivity index (χ3n) is 3.27. The van der Waals surface area contributed by atoms with Crippen LogP contribution >= 0.6 is 0 Å². The van der Waals surface area contributed by atoms with Crippen LogP contribution in [0.5, 0.6) is 0 Å². The van der Waals surface area contributed by atoms with E-state index in [9.17, 15) is 8.42 Å². The Hall–Kier alpha value is -0.870. The van der Waals surface area contributed by atoms with Gasteiger partial charge in [0.05, 0.1) is 5.25 Å². The van der Waals surface area contributed by atoms with Gasteiger partial charge < -0.3 is 5.73 Å². The fourth-order valence-corrected chi connectivity index (χ4v) is 3.77. The summed E-state index contributed by atoms with van der Waals surface area (Å²) in [6.07, 6.45) is 2.25. The molecule has 2 rings (SSSR count). The van der Waals surface area contributed by atoms with E-state index in [0.717, 1.165) is 12.0 Å². The van der Waals surface area contributed by atoms with Gasteiger partial charge in [-0.1, -0.05) is 31.2 Å². The van der Waals surface area contributed by atoms with Gasteiger partial charge in [-0.15, -0.1) is 0 Å². The summed E-state index contributed by atoms with van der Waals surface area (Å²) in [6, 6.07) is 7.84. The van der Waals surface area contributed by atoms with E-state index in [2.05, 4.69) is 6.92 Å². The molecule has 0 saturated heterocycles. The molecule has 1 saturated carbocycles. The standard InChI is InChI=1S/C12H17NO2S/c1-3-8-4-6-9(7-5-8)10-11(13)12(10)16(2,14)15/h4-7,10-12H,3,13H2,1-2H3/t10-,11+,12+/m0/s1. The molecule has 3 atom stereocenters. The van der Waals surface area contributed by atoms with E-state index in [1.165, 1.54) is 11.8 Å². The molecule has 1 aromatic carbocycles. The van der Waals surface area contributed by atoms with Gasteiger partial charge in [0.25, 0.3) is 0 Å². The molecule has 0 radical (unpaired) electrons. The summed E-state index contributed by atoms with van der Waals surface area (Å²) in [5.74, 6) is -0.0130. The number of nitrogens with two attached hydrogens (primary N) is 1. The fourth-order valence-electron chi connectivity index (χ4n) is 2.24. The second kappa shape index (κ2) is 3.86. The predicted molar refractivity (Wildman–Crippen MR) is 65.2 cm³/mol. The third-order valence-corrected chi connectivity index (χ3v) is 4.87. The first kappa shape index (κ1) is 11.6. The van der Waals surface area contributed by atoms with E-state index in [4.69, 9.17) is 5.73 Å². The van der Waals surface area contributed by atoms with Gasteiger partial charge >= 0.3 is 0 Å². The Labute approximate surface area is 96.6 Å². The lowest BCUT2D eigenvalue weighted by molar-refractivity contribution is 0.599. The minimum atomic E-state index is -3.02. The molecule has 0 aromatic heterocycles. The van der Waals surface area contributed by atoms with E-state index >= 15 is 0 Å². The molecule has 16 heavy (non-hydrogen) atoms. The molecule has 0 heterocycles. The lowest BCUT2D eigenvalue weighted by atomic mass is 10.1. The zero-order chi connectivity index (χ0) is 11.9. The minimum absolute atomic E-state index is 0.0130. The van der Waals surface area contributed by atoms with Crippen LogP contribution in [0.4, 0.5) is 0 Å². The molecule has 4 heteroatoms. The van der Waals surface area contributed by atoms with Crippen molar-refractivity contribution in [3.05, 3.63) is 35.4 Å². The lowest BCUT2D eigenvalue weighted by Gasteiger charge is -2.01. The molecular formula is C12H17NO2S. The highest BCUT2D eigenvalue weighted by atomic mass is 32.2. The van der Waals surface area contributed by atoms with Crippen molar-refractivity contribution in [3.8, 4) is 0 Å². The Morgan fingerprint density at radius 2 is 1.81 bits per heavy atom. The maximum atomic E-state index is 11.4. The van der Waals surface area contributed by atoms with Crippen LogP contribution in [0.2, 0.25) is 0 Å². The van der Waals surface area contributed by atoms with Crippen LogP contribution in [0.1, 0.15) is 24.0 Å². The molecule has 1 aliphatic rings. The van der Waals surface area contributed by atoms with Crippen LogP contribution in [-0.4, -0.2) is 26.0 Å². The first-order chi connectivity index (χ1) is 7.45. The molecule has 0 spiro atoms. The van der Waals surface area contributed by atoms with Crippen LogP contribution in [0, 0.1) is 0 Å². The Kier molecular flexibility index (Phi) is 2.80. The SMILES string of the molecule is CCc1ccc([C@H]2[C@@H](N)[C@@H]2S(C)(=O)=O)cc1. The molecular weight excluding hydrogens is 222 g/mol. The van der Waals surface area contributed by atoms with Crippen molar-refractivity contribution in [3.63, 3.8) is 0 Å². The Bertz CT molecular complexity index is 478. The highest BCUT2D eigenvalue weighted by Gasteiger charge is 2.54. The summed E-state index contributed by atoms with van der Waals surface area (Å²) < 4.78 is 22.9. The van der Waals surface area contributed by atoms with Gasteiger partial charge in [-0.25, -0.2) is 8.42 Å². The van der Waals surface area contributed by atoms with Crippen molar-refractivity contribution in [2.45, 2.75) is 30.6 Å². The summed E-state index contributed by atoms with van der Waals surface area (Å²) in [7, 11) is -3.02. The maximum absolute atomic E-state index is 11.4. The largest absolute Gasteiger partial charge is 0.326 e. The first-order valence-electron chi connectivity index (χ1n) is 5.48. The topological polar surface area (TPSA) is 60.2 Å². The maximum Gasteiger partial charge on any atom is 0.152 e. The van der Waals surface area contributed by atoms with Gasteiger partial charge in [-0.2, -0.15) is 0 Å². The van der Waals surface area contributed by atoms with Crippen LogP contribution in [0.3, 0.4) is 0 Å². The molecule has 1 aliphatic carbocycles. The average Bonchev–Trinajstić information content (AvgIpc) is 2.90. The van der Waals surface area contributed by atoms with Crippen molar-refractivity contribution < 1.29 is 8.42 Å². The summed E-state index contributed by atoms with van der Waals surface area (Å²) in [5.41, 5.74) is 8.12. The van der Waals surface area contributed by atoms with E-state index in [-0.39, 0.29) is 17.2 Å². The second-order valence-corrected chi connectivity index (χ2v) is 6.70. The van der Waals surface area contributed by atoms with Crippen LogP contribution in [-0.2, 0) is 16.3 Å². The quantitative estimate of drug-likeness (QED) is 0.859. The summed E-state index contributed by atoms with van der Waals surface area (Å²) >= 11 is 0. The molecule has 1 aromatic rings. The molecule has 3 nitrogen and oxygen atoms in total. The average molecular weight is 239 g/mol. The predicted octanol–water partition coefficient (Wildman–Crippen LogP) is 1.09. The monoisotopic (exact) mass is 239 g/mol. The van der Waals surface area contributed by atoms with Gasteiger partial charge in [0.2, 0.25) is 0 Å². The van der Waals surface area contributed by atoms with Gasteiger partial charge in [0, 0.05) is 18.2 Å². The molecule has 1 fully saturated rings. The highest BCUT2D eigenvalue weighted by Crippen LogP contribution is 2.44. The van der Waals surface area contributed by atoms with Crippen molar-refractivity contribution in [1.82, 2.24) is 0 Å². The van der Waals surface area contributed by atoms with Crippen molar-refractivity contribution >= 4 is 9.84 Å². The fraction of sp³-hybridized carbons (Fsp3) is 0.500. The Morgan fingerprint density at radius 1 is 1.25 bits per heavy atom. The Balaban J connectivity index is 2.21. The van der Waals surface area contributed by atoms with Crippen LogP contribution in [0.25, 0.3) is 0 Å². The van der Waals surface area contributed by atoms with Crippen molar-refractivity contribution in [2.24, 2.45) is 5.73 Å². The van der Waals surface area contributed by atoms with E-state index in [1.54, 1.807) is 0 Å². The molecule has 2 N–H and O–H groups in total. The lowest BCUT2D eigenvalue weighted by Crippen LogP contribution is -2.13. The Morgan fingerprint density at radius 3 is 2.19 bits per heavy atom. The third kappa shape index (κ3) is 1.99. The molecule has 0 bridgehead atoms. The van der Waals surface area contributed by atoms with Crippen LogP contribution in [0.15, 0.2) is 24.3 Å². The van der Waals surface area contributed by atoms with E-state index in [0.29, 0.717) is 0 Å². The second-order valence-electron chi connectivity index (χ2n) is 4.49. The number of rotatable bonds is 3. The first-order valence-corrected chi connectivity index (χ1v) is 7.44. The molecule has 88 valence electrons. The zero-order valence-electron chi connectivity index (χ0n) is 9.55. The van der Waals surface area contributed by atoms with Gasteiger partial charge in [-0.3, -0.25) is 0 Å². The number of hydrogen-bond donors (Lipinski definition) is 1. The highest BCUT2D eigenvalue weighted by molar-refractivity contribution is 7.91. The number of aryl methyl sites for hydroxylation is 1. The molecule has 0 amide bonds. The number of hydrogen-bond acceptors (Lipinski definition) is 3. The normalized spacial score (nSPS) is 29.1. The number of benzene rings is 1. The molecule has 0 unspecified atom stereocenters. The minimum Gasteiger partial charge on any atom is -0.326 e. The summed E-state index contributed by atoms with van der Waals surface area (Å²) in [6.45, 7) is 2.09. The van der Waals surface area contributed by atoms with Crippen molar-refractivity contribution in [1.29, 1.82) is 0 Å². The van der Waals surface area contributed by atoms with Gasteiger partial charge in [0.1, 0.15) is 0 Å². The van der Waals surface area contributed by atoms with Crippen LogP contribution < -0.4 is 5.73 Å². The smallest absolute Gasteiger partial charge is 0.152 e. The van der Waals surface area contributed by atoms with Gasteiger partial charge in [-0.05, 0) is 17.5 Å².